The molecule has 6 nitrogen and oxygen atoms in total. The van der Waals surface area contributed by atoms with Crippen LogP contribution in [-0.2, 0) is 16.5 Å². The van der Waals surface area contributed by atoms with Gasteiger partial charge < -0.3 is 18.9 Å². The molecule has 132 valence electrons. The molecule has 3 heterocycles. The fourth-order valence-electron chi connectivity index (χ4n) is 4.08. The first-order chi connectivity index (χ1) is 12.2. The van der Waals surface area contributed by atoms with Gasteiger partial charge in [0, 0.05) is 44.5 Å². The summed E-state index contributed by atoms with van der Waals surface area (Å²) in [6, 6.07) is 5.89. The van der Waals surface area contributed by atoms with Gasteiger partial charge in [-0.1, -0.05) is 0 Å². The van der Waals surface area contributed by atoms with Crippen molar-refractivity contribution in [2.24, 2.45) is 7.05 Å². The molecule has 0 N–H and O–H groups in total. The van der Waals surface area contributed by atoms with Gasteiger partial charge in [-0.2, -0.15) is 0 Å². The molecule has 3 aliphatic rings. The van der Waals surface area contributed by atoms with E-state index >= 15 is 0 Å². The molecule has 0 unspecified atom stereocenters. The third-order valence-corrected chi connectivity index (χ3v) is 5.73. The molecule has 1 amide bonds. The van der Waals surface area contributed by atoms with Crippen molar-refractivity contribution in [1.29, 1.82) is 0 Å². The smallest absolute Gasteiger partial charge is 0.253 e. The molecule has 1 aromatic heterocycles. The van der Waals surface area contributed by atoms with Crippen molar-refractivity contribution in [3.8, 4) is 0 Å². The van der Waals surface area contributed by atoms with Crippen LogP contribution in [-0.4, -0.2) is 52.4 Å². The van der Waals surface area contributed by atoms with Crippen LogP contribution in [0.2, 0.25) is 0 Å². The quantitative estimate of drug-likeness (QED) is 0.842. The van der Waals surface area contributed by atoms with E-state index in [2.05, 4.69) is 11.6 Å². The van der Waals surface area contributed by atoms with Crippen molar-refractivity contribution in [2.45, 2.75) is 37.4 Å². The lowest BCUT2D eigenvalue weighted by Gasteiger charge is -2.37. The van der Waals surface area contributed by atoms with E-state index in [1.807, 2.05) is 23.1 Å². The van der Waals surface area contributed by atoms with Crippen molar-refractivity contribution in [3.63, 3.8) is 0 Å². The number of carbonyl (C=O) groups excluding carboxylic acids is 1. The minimum absolute atomic E-state index is 0.0772. The zero-order valence-corrected chi connectivity index (χ0v) is 14.5. The van der Waals surface area contributed by atoms with Crippen LogP contribution in [0.1, 0.15) is 47.8 Å². The lowest BCUT2D eigenvalue weighted by molar-refractivity contribution is -0.181. The Kier molecular flexibility index (Phi) is 3.40. The number of piperidine rings is 1. The summed E-state index contributed by atoms with van der Waals surface area (Å²) in [4.78, 5) is 19.6. The van der Waals surface area contributed by atoms with Crippen molar-refractivity contribution >= 4 is 16.9 Å². The Hall–Kier alpha value is -1.92. The van der Waals surface area contributed by atoms with Gasteiger partial charge in [0.1, 0.15) is 5.82 Å². The Morgan fingerprint density at radius 1 is 1.20 bits per heavy atom. The molecule has 1 saturated carbocycles. The second-order valence-electron chi connectivity index (χ2n) is 7.41. The van der Waals surface area contributed by atoms with Gasteiger partial charge in [0.05, 0.1) is 24.2 Å². The number of aromatic nitrogens is 2. The molecular formula is C19H23N3O3. The Bertz CT molecular complexity index is 824. The molecule has 2 saturated heterocycles. The van der Waals surface area contributed by atoms with E-state index in [-0.39, 0.29) is 5.91 Å². The predicted octanol–water partition coefficient (Wildman–Crippen LogP) is 2.43. The highest BCUT2D eigenvalue weighted by atomic mass is 16.7. The van der Waals surface area contributed by atoms with Crippen LogP contribution in [0.3, 0.4) is 0 Å². The zero-order chi connectivity index (χ0) is 17.0. The summed E-state index contributed by atoms with van der Waals surface area (Å²) in [5.41, 5.74) is 2.74. The minimum atomic E-state index is -0.444. The number of benzene rings is 1. The first kappa shape index (κ1) is 15.3. The van der Waals surface area contributed by atoms with E-state index in [1.54, 1.807) is 0 Å². The van der Waals surface area contributed by atoms with Crippen LogP contribution in [0.5, 0.6) is 0 Å². The van der Waals surface area contributed by atoms with Gasteiger partial charge in [0.2, 0.25) is 0 Å². The van der Waals surface area contributed by atoms with Gasteiger partial charge in [-0.15, -0.1) is 0 Å². The van der Waals surface area contributed by atoms with E-state index in [1.165, 1.54) is 12.8 Å². The molecule has 25 heavy (non-hydrogen) atoms. The second-order valence-corrected chi connectivity index (χ2v) is 7.41. The first-order valence-corrected chi connectivity index (χ1v) is 9.19. The van der Waals surface area contributed by atoms with Crippen LogP contribution in [0.4, 0.5) is 0 Å². The summed E-state index contributed by atoms with van der Waals surface area (Å²) in [5.74, 6) is 1.38. The maximum absolute atomic E-state index is 12.9. The zero-order valence-electron chi connectivity index (χ0n) is 14.5. The number of fused-ring (bicyclic) bond motifs is 1. The predicted molar refractivity (Wildman–Crippen MR) is 92.5 cm³/mol. The highest BCUT2D eigenvalue weighted by Gasteiger charge is 2.41. The third kappa shape index (κ3) is 2.55. The van der Waals surface area contributed by atoms with Crippen LogP contribution < -0.4 is 0 Å². The summed E-state index contributed by atoms with van der Waals surface area (Å²) in [5, 5.41) is 0. The Balaban J connectivity index is 1.36. The summed E-state index contributed by atoms with van der Waals surface area (Å²) in [6.45, 7) is 2.67. The molecule has 3 fully saturated rings. The van der Waals surface area contributed by atoms with Crippen LogP contribution in [0, 0.1) is 0 Å². The van der Waals surface area contributed by atoms with Crippen molar-refractivity contribution < 1.29 is 14.3 Å². The minimum Gasteiger partial charge on any atom is -0.347 e. The standard InChI is InChI=1S/C19H23N3O3/c1-21-16-5-4-14(12-15(16)20-17(21)13-2-3-13)18(23)22-8-6-19(7-9-22)24-10-11-25-19/h4-5,12-13H,2-3,6-11H2,1H3. The number of nitrogens with zero attached hydrogens (tertiary/aromatic N) is 3. The Labute approximate surface area is 146 Å². The van der Waals surface area contributed by atoms with Gasteiger partial charge >= 0.3 is 0 Å². The number of carbonyl (C=O) groups is 1. The first-order valence-electron chi connectivity index (χ1n) is 9.19. The van der Waals surface area contributed by atoms with Gasteiger partial charge in [0.25, 0.3) is 5.91 Å². The molecule has 5 rings (SSSR count). The molecule has 0 atom stereocenters. The second kappa shape index (κ2) is 5.54. The average Bonchev–Trinajstić information content (AvgIpc) is 3.30. The highest BCUT2D eigenvalue weighted by Crippen LogP contribution is 2.40. The van der Waals surface area contributed by atoms with E-state index in [0.29, 0.717) is 32.2 Å². The molecule has 0 radical (unpaired) electrons. The fraction of sp³-hybridized carbons (Fsp3) is 0.579. The molecule has 2 aromatic rings. The fourth-order valence-corrected chi connectivity index (χ4v) is 4.08. The number of rotatable bonds is 2. The third-order valence-electron chi connectivity index (χ3n) is 5.73. The van der Waals surface area contributed by atoms with Gasteiger partial charge in [-0.05, 0) is 31.0 Å². The normalized spacial score (nSPS) is 22.8. The number of hydrogen-bond acceptors (Lipinski definition) is 4. The highest BCUT2D eigenvalue weighted by molar-refractivity contribution is 5.97. The van der Waals surface area contributed by atoms with Crippen LogP contribution in [0.25, 0.3) is 11.0 Å². The maximum Gasteiger partial charge on any atom is 0.253 e. The molecule has 1 aliphatic carbocycles. The molecule has 6 heteroatoms. The summed E-state index contributed by atoms with van der Waals surface area (Å²) >= 11 is 0. The van der Waals surface area contributed by atoms with Crippen molar-refractivity contribution in [2.75, 3.05) is 26.3 Å². The molecule has 2 aliphatic heterocycles. The average molecular weight is 341 g/mol. The number of hydrogen-bond donors (Lipinski definition) is 0. The maximum atomic E-state index is 12.9. The number of amides is 1. The SMILES string of the molecule is Cn1c(C2CC2)nc2cc(C(=O)N3CCC4(CC3)OCCO4)ccc21. The molecule has 0 bridgehead atoms. The monoisotopic (exact) mass is 341 g/mol. The van der Waals surface area contributed by atoms with Crippen molar-refractivity contribution in [1.82, 2.24) is 14.5 Å². The van der Waals surface area contributed by atoms with Crippen molar-refractivity contribution in [3.05, 3.63) is 29.6 Å². The largest absolute Gasteiger partial charge is 0.347 e. The summed E-state index contributed by atoms with van der Waals surface area (Å²) in [6.07, 6.45) is 3.94. The Morgan fingerprint density at radius 3 is 2.60 bits per heavy atom. The van der Waals surface area contributed by atoms with Gasteiger partial charge in [-0.25, -0.2) is 4.98 Å². The molecular weight excluding hydrogens is 318 g/mol. The van der Waals surface area contributed by atoms with Crippen LogP contribution in [0.15, 0.2) is 18.2 Å². The van der Waals surface area contributed by atoms with Gasteiger partial charge in [0.15, 0.2) is 5.79 Å². The topological polar surface area (TPSA) is 56.6 Å². The van der Waals surface area contributed by atoms with E-state index in [4.69, 9.17) is 14.5 Å². The van der Waals surface area contributed by atoms with Crippen LogP contribution >= 0.6 is 0 Å². The molecule has 1 spiro atoms. The number of likely N-dealkylation sites (tertiary alicyclic amines) is 1. The number of aryl methyl sites for hydroxylation is 1. The van der Waals surface area contributed by atoms with E-state index in [9.17, 15) is 4.79 Å². The lowest BCUT2D eigenvalue weighted by Crippen LogP contribution is -2.47. The Morgan fingerprint density at radius 2 is 1.92 bits per heavy atom. The lowest BCUT2D eigenvalue weighted by atomic mass is 10.0. The summed E-state index contributed by atoms with van der Waals surface area (Å²) in [7, 11) is 2.07. The van der Waals surface area contributed by atoms with E-state index < -0.39 is 5.79 Å². The number of imidazole rings is 1. The summed E-state index contributed by atoms with van der Waals surface area (Å²) < 4.78 is 13.7. The molecule has 1 aromatic carbocycles. The number of ether oxygens (including phenoxy) is 2. The van der Waals surface area contributed by atoms with E-state index in [0.717, 1.165) is 35.3 Å². The van der Waals surface area contributed by atoms with Gasteiger partial charge in [-0.3, -0.25) is 4.79 Å².